The van der Waals surface area contributed by atoms with Crippen LogP contribution in [0.4, 0.5) is 0 Å². The van der Waals surface area contributed by atoms with E-state index in [0.717, 1.165) is 5.39 Å². The van der Waals surface area contributed by atoms with E-state index in [-0.39, 0.29) is 24.9 Å². The summed E-state index contributed by atoms with van der Waals surface area (Å²) >= 11 is 0. The highest BCUT2D eigenvalue weighted by Gasteiger charge is 2.23. The number of amides is 1. The summed E-state index contributed by atoms with van der Waals surface area (Å²) in [6.07, 6.45) is 0.204. The summed E-state index contributed by atoms with van der Waals surface area (Å²) in [6.45, 7) is 2.09. The van der Waals surface area contributed by atoms with Gasteiger partial charge in [-0.25, -0.2) is 0 Å². The summed E-state index contributed by atoms with van der Waals surface area (Å²) < 4.78 is 10.6. The smallest absolute Gasteiger partial charge is 0.228 e. The van der Waals surface area contributed by atoms with Crippen LogP contribution in [0.3, 0.4) is 0 Å². The Morgan fingerprint density at radius 2 is 2.29 bits per heavy atom. The molecule has 2 aromatic rings. The van der Waals surface area contributed by atoms with E-state index in [1.807, 2.05) is 24.3 Å². The number of hydrogen-bond acceptors (Lipinski definition) is 5. The second-order valence-electron chi connectivity index (χ2n) is 5.27. The molecular weight excluding hydrogens is 272 g/mol. The molecule has 3 rings (SSSR count). The van der Waals surface area contributed by atoms with Crippen molar-refractivity contribution in [2.24, 2.45) is 5.92 Å². The van der Waals surface area contributed by atoms with Crippen molar-refractivity contribution < 1.29 is 19.2 Å². The molecule has 0 bridgehead atoms. The molecule has 1 N–H and O–H groups in total. The molecule has 1 aliphatic heterocycles. The maximum absolute atomic E-state index is 12.4. The molecular formula is C15H18N2O4. The van der Waals surface area contributed by atoms with Gasteiger partial charge in [-0.05, 0) is 12.1 Å². The first kappa shape index (κ1) is 14.0. The van der Waals surface area contributed by atoms with E-state index < -0.39 is 0 Å². The molecule has 2 heterocycles. The van der Waals surface area contributed by atoms with E-state index in [1.54, 1.807) is 4.90 Å². The van der Waals surface area contributed by atoms with Crippen LogP contribution in [0.15, 0.2) is 28.8 Å². The lowest BCUT2D eigenvalue weighted by atomic mass is 10.1. The van der Waals surface area contributed by atoms with Crippen molar-refractivity contribution >= 4 is 16.9 Å². The quantitative estimate of drug-likeness (QED) is 0.906. The van der Waals surface area contributed by atoms with E-state index in [0.29, 0.717) is 37.6 Å². The van der Waals surface area contributed by atoms with Gasteiger partial charge in [-0.15, -0.1) is 0 Å². The zero-order valence-corrected chi connectivity index (χ0v) is 11.7. The second kappa shape index (κ2) is 6.24. The van der Waals surface area contributed by atoms with Crippen molar-refractivity contribution in [3.05, 3.63) is 30.0 Å². The molecule has 1 aromatic carbocycles. The molecule has 0 unspecified atom stereocenters. The number of ether oxygens (including phenoxy) is 1. The van der Waals surface area contributed by atoms with E-state index in [9.17, 15) is 9.90 Å². The van der Waals surface area contributed by atoms with Crippen molar-refractivity contribution in [1.82, 2.24) is 10.1 Å². The number of carbonyl (C=O) groups is 1. The molecule has 6 nitrogen and oxygen atoms in total. The fourth-order valence-corrected chi connectivity index (χ4v) is 2.54. The number of rotatable bonds is 3. The minimum atomic E-state index is -0.0227. The van der Waals surface area contributed by atoms with Crippen molar-refractivity contribution in [3.63, 3.8) is 0 Å². The van der Waals surface area contributed by atoms with E-state index in [1.165, 1.54) is 0 Å². The van der Waals surface area contributed by atoms with Gasteiger partial charge in [0, 0.05) is 31.0 Å². The van der Waals surface area contributed by atoms with Crippen molar-refractivity contribution in [3.8, 4) is 0 Å². The lowest BCUT2D eigenvalue weighted by molar-refractivity contribution is -0.131. The highest BCUT2D eigenvalue weighted by Crippen LogP contribution is 2.19. The van der Waals surface area contributed by atoms with Crippen LogP contribution in [-0.2, 0) is 16.0 Å². The second-order valence-corrected chi connectivity index (χ2v) is 5.27. The van der Waals surface area contributed by atoms with Gasteiger partial charge in [0.15, 0.2) is 5.58 Å². The number of benzene rings is 1. The number of fused-ring (bicyclic) bond motifs is 1. The fourth-order valence-electron chi connectivity index (χ4n) is 2.54. The number of hydrogen-bond donors (Lipinski definition) is 1. The number of aromatic nitrogens is 1. The standard InChI is InChI=1S/C15H18N2O4/c18-9-11-8-17(5-6-20-10-11)15(19)7-13-12-3-1-2-4-14(12)21-16-13/h1-4,11,18H,5-10H2/t11-/m0/s1. The third-order valence-corrected chi connectivity index (χ3v) is 3.72. The van der Waals surface area contributed by atoms with Gasteiger partial charge in [-0.3, -0.25) is 4.79 Å². The summed E-state index contributed by atoms with van der Waals surface area (Å²) in [5.41, 5.74) is 1.34. The predicted molar refractivity (Wildman–Crippen MR) is 75.7 cm³/mol. The van der Waals surface area contributed by atoms with Gasteiger partial charge >= 0.3 is 0 Å². The van der Waals surface area contributed by atoms with Gasteiger partial charge in [-0.2, -0.15) is 0 Å². The van der Waals surface area contributed by atoms with Gasteiger partial charge in [0.05, 0.1) is 19.6 Å². The van der Waals surface area contributed by atoms with E-state index >= 15 is 0 Å². The predicted octanol–water partition coefficient (Wildman–Crippen LogP) is 0.838. The SMILES string of the molecule is O=C(Cc1noc2ccccc12)N1CCOC[C@H](CO)C1. The summed E-state index contributed by atoms with van der Waals surface area (Å²) in [7, 11) is 0. The van der Waals surface area contributed by atoms with Crippen molar-refractivity contribution in [1.29, 1.82) is 0 Å². The maximum Gasteiger partial charge on any atom is 0.228 e. The Morgan fingerprint density at radius 3 is 3.14 bits per heavy atom. The molecule has 0 spiro atoms. The molecule has 112 valence electrons. The minimum Gasteiger partial charge on any atom is -0.396 e. The summed E-state index contributed by atoms with van der Waals surface area (Å²) in [4.78, 5) is 14.2. The zero-order valence-electron chi connectivity index (χ0n) is 11.7. The monoisotopic (exact) mass is 290 g/mol. The van der Waals surface area contributed by atoms with Gasteiger partial charge < -0.3 is 19.3 Å². The lowest BCUT2D eigenvalue weighted by Gasteiger charge is -2.22. The molecule has 1 fully saturated rings. The summed E-state index contributed by atoms with van der Waals surface area (Å²) in [5, 5.41) is 14.1. The number of aliphatic hydroxyl groups is 1. The average molecular weight is 290 g/mol. The molecule has 1 aromatic heterocycles. The molecule has 21 heavy (non-hydrogen) atoms. The maximum atomic E-state index is 12.4. The Balaban J connectivity index is 1.73. The average Bonchev–Trinajstić information content (AvgIpc) is 2.76. The minimum absolute atomic E-state index is 0.0157. The largest absolute Gasteiger partial charge is 0.396 e. The van der Waals surface area contributed by atoms with Crippen molar-refractivity contribution in [2.75, 3.05) is 32.9 Å². The zero-order chi connectivity index (χ0) is 14.7. The van der Waals surface area contributed by atoms with Crippen LogP contribution in [0, 0.1) is 5.92 Å². The van der Waals surface area contributed by atoms with Crippen LogP contribution >= 0.6 is 0 Å². The van der Waals surface area contributed by atoms with Gasteiger partial charge in [-0.1, -0.05) is 17.3 Å². The first-order valence-corrected chi connectivity index (χ1v) is 7.07. The van der Waals surface area contributed by atoms with Crippen LogP contribution < -0.4 is 0 Å². The fraction of sp³-hybridized carbons (Fsp3) is 0.467. The van der Waals surface area contributed by atoms with Gasteiger partial charge in [0.25, 0.3) is 0 Å². The number of para-hydroxylation sites is 1. The third kappa shape index (κ3) is 3.06. The third-order valence-electron chi connectivity index (χ3n) is 3.72. The summed E-state index contributed by atoms with van der Waals surface area (Å²) in [5.74, 6) is -0.0384. The van der Waals surface area contributed by atoms with E-state index in [2.05, 4.69) is 5.16 Å². The number of nitrogens with zero attached hydrogens (tertiary/aromatic N) is 2. The molecule has 0 aliphatic carbocycles. The molecule has 1 saturated heterocycles. The Bertz CT molecular complexity index is 625. The first-order valence-electron chi connectivity index (χ1n) is 7.07. The van der Waals surface area contributed by atoms with Gasteiger partial charge in [0.1, 0.15) is 5.69 Å². The van der Waals surface area contributed by atoms with Crippen LogP contribution in [0.5, 0.6) is 0 Å². The Morgan fingerprint density at radius 1 is 1.43 bits per heavy atom. The number of carbonyl (C=O) groups excluding carboxylic acids is 1. The summed E-state index contributed by atoms with van der Waals surface area (Å²) in [6, 6.07) is 7.50. The topological polar surface area (TPSA) is 75.8 Å². The molecule has 0 radical (unpaired) electrons. The van der Waals surface area contributed by atoms with Crippen LogP contribution in [0.2, 0.25) is 0 Å². The van der Waals surface area contributed by atoms with Crippen molar-refractivity contribution in [2.45, 2.75) is 6.42 Å². The highest BCUT2D eigenvalue weighted by atomic mass is 16.5. The van der Waals surface area contributed by atoms with Gasteiger partial charge in [0.2, 0.25) is 5.91 Å². The van der Waals surface area contributed by atoms with Crippen LogP contribution in [0.1, 0.15) is 5.69 Å². The first-order chi connectivity index (χ1) is 10.3. The van der Waals surface area contributed by atoms with Crippen LogP contribution in [-0.4, -0.2) is 54.0 Å². The Labute approximate surface area is 122 Å². The molecule has 1 amide bonds. The Hall–Kier alpha value is -1.92. The molecule has 1 atom stereocenters. The Kier molecular flexibility index (Phi) is 4.17. The van der Waals surface area contributed by atoms with E-state index in [4.69, 9.17) is 9.26 Å². The lowest BCUT2D eigenvalue weighted by Crippen LogP contribution is -2.37. The molecule has 0 saturated carbocycles. The molecule has 6 heteroatoms. The highest BCUT2D eigenvalue weighted by molar-refractivity contribution is 5.86. The van der Waals surface area contributed by atoms with Crippen LogP contribution in [0.25, 0.3) is 11.0 Å². The molecule has 1 aliphatic rings. The normalized spacial score (nSPS) is 19.7. The number of aliphatic hydroxyl groups excluding tert-OH is 1.